The van der Waals surface area contributed by atoms with Crippen molar-refractivity contribution in [2.24, 2.45) is 0 Å². The maximum atomic E-state index is 14.1. The van der Waals surface area contributed by atoms with Crippen LogP contribution in [0.4, 0.5) is 4.39 Å². The average molecular weight is 290 g/mol. The highest BCUT2D eigenvalue weighted by Crippen LogP contribution is 2.23. The number of aliphatic hydroxyl groups is 1. The zero-order valence-corrected chi connectivity index (χ0v) is 12.6. The predicted octanol–water partition coefficient (Wildman–Crippen LogP) is 3.21. The van der Waals surface area contributed by atoms with Crippen LogP contribution in [0.1, 0.15) is 50.2 Å². The van der Waals surface area contributed by atoms with Crippen molar-refractivity contribution in [3.8, 4) is 6.07 Å². The molecule has 2 rings (SSSR count). The van der Waals surface area contributed by atoms with E-state index < -0.39 is 0 Å². The third-order valence-corrected chi connectivity index (χ3v) is 4.17. The molecule has 1 N–H and O–H groups in total. The molecular formula is C17H23FN2O. The van der Waals surface area contributed by atoms with E-state index >= 15 is 0 Å². The molecule has 2 atom stereocenters. The lowest BCUT2D eigenvalue weighted by atomic mass is 10.0. The van der Waals surface area contributed by atoms with E-state index in [2.05, 4.69) is 4.90 Å². The summed E-state index contributed by atoms with van der Waals surface area (Å²) in [4.78, 5) is 2.28. The van der Waals surface area contributed by atoms with Crippen LogP contribution in [0.2, 0.25) is 0 Å². The Morgan fingerprint density at radius 2 is 2.24 bits per heavy atom. The maximum absolute atomic E-state index is 14.1. The molecule has 1 aliphatic heterocycles. The Bertz CT molecular complexity index is 510. The van der Waals surface area contributed by atoms with Gasteiger partial charge in [-0.2, -0.15) is 5.26 Å². The quantitative estimate of drug-likeness (QED) is 0.926. The monoisotopic (exact) mass is 290 g/mol. The van der Waals surface area contributed by atoms with Crippen molar-refractivity contribution in [2.45, 2.75) is 57.7 Å². The number of hydrogen-bond acceptors (Lipinski definition) is 3. The van der Waals surface area contributed by atoms with Crippen molar-refractivity contribution in [3.05, 3.63) is 35.1 Å². The summed E-state index contributed by atoms with van der Waals surface area (Å²) in [6, 6.07) is 6.94. The smallest absolute Gasteiger partial charge is 0.129 e. The number of hydrogen-bond donors (Lipinski definition) is 1. The molecule has 2 unspecified atom stereocenters. The topological polar surface area (TPSA) is 47.3 Å². The highest BCUT2D eigenvalue weighted by atomic mass is 19.1. The summed E-state index contributed by atoms with van der Waals surface area (Å²) in [5.74, 6) is -0.311. The standard InChI is InChI=1S/C17H23FN2O/c1-13(21)9-16-5-3-2-4-8-20(16)12-15-7-6-14(11-19)10-17(15)18/h6-7,10,13,16,21H,2-5,8-9,12H2,1H3. The Morgan fingerprint density at radius 1 is 1.43 bits per heavy atom. The van der Waals surface area contributed by atoms with E-state index in [-0.39, 0.29) is 11.9 Å². The van der Waals surface area contributed by atoms with E-state index in [4.69, 9.17) is 5.26 Å². The van der Waals surface area contributed by atoms with Crippen molar-refractivity contribution in [3.63, 3.8) is 0 Å². The number of aliphatic hydroxyl groups excluding tert-OH is 1. The van der Waals surface area contributed by atoms with Crippen LogP contribution in [0.15, 0.2) is 18.2 Å². The lowest BCUT2D eigenvalue weighted by molar-refractivity contribution is 0.107. The predicted molar refractivity (Wildman–Crippen MR) is 80.1 cm³/mol. The number of nitrogens with zero attached hydrogens (tertiary/aromatic N) is 2. The number of nitriles is 1. The summed E-state index contributed by atoms with van der Waals surface area (Å²) in [7, 11) is 0. The van der Waals surface area contributed by atoms with Crippen LogP contribution in [-0.2, 0) is 6.54 Å². The zero-order valence-electron chi connectivity index (χ0n) is 12.6. The Morgan fingerprint density at radius 3 is 2.90 bits per heavy atom. The SMILES string of the molecule is CC(O)CC1CCCCCN1Cc1ccc(C#N)cc1F. The van der Waals surface area contributed by atoms with Crippen molar-refractivity contribution in [1.29, 1.82) is 5.26 Å². The summed E-state index contributed by atoms with van der Waals surface area (Å²) in [6.07, 6.45) is 4.95. The van der Waals surface area contributed by atoms with E-state index in [9.17, 15) is 9.50 Å². The first kappa shape index (κ1) is 15.9. The van der Waals surface area contributed by atoms with Crippen LogP contribution in [0, 0.1) is 17.1 Å². The lowest BCUT2D eigenvalue weighted by Crippen LogP contribution is -2.36. The summed E-state index contributed by atoms with van der Waals surface area (Å²) < 4.78 is 14.1. The molecule has 1 aliphatic rings. The van der Waals surface area contributed by atoms with Gasteiger partial charge in [0.15, 0.2) is 0 Å². The van der Waals surface area contributed by atoms with Crippen LogP contribution in [-0.4, -0.2) is 28.7 Å². The first-order chi connectivity index (χ1) is 10.1. The second kappa shape index (κ2) is 7.53. The van der Waals surface area contributed by atoms with Crippen molar-refractivity contribution < 1.29 is 9.50 Å². The van der Waals surface area contributed by atoms with Crippen molar-refractivity contribution in [1.82, 2.24) is 4.90 Å². The van der Waals surface area contributed by atoms with Crippen molar-refractivity contribution in [2.75, 3.05) is 6.54 Å². The van der Waals surface area contributed by atoms with E-state index in [1.54, 1.807) is 12.1 Å². The first-order valence-electron chi connectivity index (χ1n) is 7.71. The number of likely N-dealkylation sites (tertiary alicyclic amines) is 1. The number of benzene rings is 1. The van der Waals surface area contributed by atoms with Gasteiger partial charge in [0.25, 0.3) is 0 Å². The van der Waals surface area contributed by atoms with Gasteiger partial charge in [0.1, 0.15) is 5.82 Å². The third-order valence-electron chi connectivity index (χ3n) is 4.17. The van der Waals surface area contributed by atoms with E-state index in [1.807, 2.05) is 13.0 Å². The summed E-state index contributed by atoms with van der Waals surface area (Å²) in [5.41, 5.74) is 0.985. The number of rotatable bonds is 4. The van der Waals surface area contributed by atoms with E-state index in [0.29, 0.717) is 23.7 Å². The zero-order chi connectivity index (χ0) is 15.2. The van der Waals surface area contributed by atoms with E-state index in [0.717, 1.165) is 25.8 Å². The summed E-state index contributed by atoms with van der Waals surface area (Å²) in [5, 5.41) is 18.5. The fourth-order valence-corrected chi connectivity index (χ4v) is 3.07. The minimum atomic E-state index is -0.332. The molecule has 1 aromatic carbocycles. The molecule has 0 aliphatic carbocycles. The first-order valence-corrected chi connectivity index (χ1v) is 7.71. The molecule has 3 nitrogen and oxygen atoms in total. The molecule has 0 amide bonds. The Labute approximate surface area is 126 Å². The molecule has 1 saturated heterocycles. The second-order valence-electron chi connectivity index (χ2n) is 5.98. The van der Waals surface area contributed by atoms with Gasteiger partial charge in [-0.25, -0.2) is 4.39 Å². The number of halogens is 1. The molecule has 0 aromatic heterocycles. The summed E-state index contributed by atoms with van der Waals surface area (Å²) in [6.45, 7) is 3.30. The van der Waals surface area contributed by atoms with Crippen LogP contribution in [0.5, 0.6) is 0 Å². The second-order valence-corrected chi connectivity index (χ2v) is 5.98. The van der Waals surface area contributed by atoms with Gasteiger partial charge in [-0.15, -0.1) is 0 Å². The Kier molecular flexibility index (Phi) is 5.72. The fourth-order valence-electron chi connectivity index (χ4n) is 3.07. The van der Waals surface area contributed by atoms with Gasteiger partial charge >= 0.3 is 0 Å². The minimum Gasteiger partial charge on any atom is -0.393 e. The molecule has 0 bridgehead atoms. The Balaban J connectivity index is 2.12. The highest BCUT2D eigenvalue weighted by Gasteiger charge is 2.23. The van der Waals surface area contributed by atoms with Crippen LogP contribution in [0.25, 0.3) is 0 Å². The minimum absolute atomic E-state index is 0.308. The molecule has 0 saturated carbocycles. The van der Waals surface area contributed by atoms with Gasteiger partial charge in [-0.1, -0.05) is 18.9 Å². The normalized spacial score (nSPS) is 21.5. The molecule has 1 fully saturated rings. The van der Waals surface area contributed by atoms with Crippen LogP contribution < -0.4 is 0 Å². The molecule has 1 heterocycles. The van der Waals surface area contributed by atoms with Crippen molar-refractivity contribution >= 4 is 0 Å². The third kappa shape index (κ3) is 4.52. The van der Waals surface area contributed by atoms with Crippen LogP contribution >= 0.6 is 0 Å². The van der Waals surface area contributed by atoms with Gasteiger partial charge in [-0.05, 0) is 44.9 Å². The molecule has 21 heavy (non-hydrogen) atoms. The van der Waals surface area contributed by atoms with Gasteiger partial charge in [-0.3, -0.25) is 4.90 Å². The molecule has 0 radical (unpaired) electrons. The molecular weight excluding hydrogens is 267 g/mol. The van der Waals surface area contributed by atoms with Gasteiger partial charge in [0, 0.05) is 18.2 Å². The summed E-state index contributed by atoms with van der Waals surface area (Å²) >= 11 is 0. The van der Waals surface area contributed by atoms with Crippen LogP contribution in [0.3, 0.4) is 0 Å². The Hall–Kier alpha value is -1.44. The molecule has 114 valence electrons. The largest absolute Gasteiger partial charge is 0.393 e. The highest BCUT2D eigenvalue weighted by molar-refractivity contribution is 5.32. The molecule has 4 heteroatoms. The molecule has 0 spiro atoms. The van der Waals surface area contributed by atoms with Gasteiger partial charge in [0.05, 0.1) is 17.7 Å². The lowest BCUT2D eigenvalue weighted by Gasteiger charge is -2.31. The maximum Gasteiger partial charge on any atom is 0.129 e. The fraction of sp³-hybridized carbons (Fsp3) is 0.588. The van der Waals surface area contributed by atoms with Gasteiger partial charge < -0.3 is 5.11 Å². The average Bonchev–Trinajstić information content (AvgIpc) is 2.66. The van der Waals surface area contributed by atoms with E-state index in [1.165, 1.54) is 18.9 Å². The molecule has 1 aromatic rings. The van der Waals surface area contributed by atoms with Gasteiger partial charge in [0.2, 0.25) is 0 Å².